The van der Waals surface area contributed by atoms with Crippen molar-refractivity contribution in [1.82, 2.24) is 19.7 Å². The highest BCUT2D eigenvalue weighted by molar-refractivity contribution is 9.10. The number of fused-ring (bicyclic) bond motifs is 1. The van der Waals surface area contributed by atoms with Gasteiger partial charge in [0.25, 0.3) is 5.91 Å². The van der Waals surface area contributed by atoms with Crippen LogP contribution in [0.25, 0.3) is 10.2 Å². The van der Waals surface area contributed by atoms with Crippen LogP contribution in [0.5, 0.6) is 0 Å². The molecule has 0 atom stereocenters. The van der Waals surface area contributed by atoms with Gasteiger partial charge >= 0.3 is 0 Å². The average molecular weight is 456 g/mol. The molecule has 4 aromatic rings. The molecule has 0 aliphatic heterocycles. The van der Waals surface area contributed by atoms with Crippen molar-refractivity contribution in [1.29, 1.82) is 0 Å². The maximum absolute atomic E-state index is 13.2. The molecule has 0 saturated carbocycles. The Labute approximate surface area is 175 Å². The van der Waals surface area contributed by atoms with Gasteiger partial charge in [0.1, 0.15) is 6.54 Å². The van der Waals surface area contributed by atoms with Crippen LogP contribution in [0.4, 0.5) is 5.13 Å². The van der Waals surface area contributed by atoms with Crippen molar-refractivity contribution in [2.24, 2.45) is 0 Å². The molecule has 0 unspecified atom stereocenters. The summed E-state index contributed by atoms with van der Waals surface area (Å²) in [5.41, 5.74) is 3.53. The lowest BCUT2D eigenvalue weighted by Gasteiger charge is -2.20. The van der Waals surface area contributed by atoms with Gasteiger partial charge in [0, 0.05) is 16.4 Å². The summed E-state index contributed by atoms with van der Waals surface area (Å²) < 4.78 is 3.74. The summed E-state index contributed by atoms with van der Waals surface area (Å²) in [5, 5.41) is 5.08. The van der Waals surface area contributed by atoms with E-state index >= 15 is 0 Å². The number of hydrogen-bond acceptors (Lipinski definition) is 5. The van der Waals surface area contributed by atoms with E-state index in [9.17, 15) is 4.79 Å². The first kappa shape index (κ1) is 18.8. The predicted octanol–water partition coefficient (Wildman–Crippen LogP) is 4.50. The lowest BCUT2D eigenvalue weighted by molar-refractivity contribution is -0.119. The number of nitrogens with zero attached hydrogens (tertiary/aromatic N) is 5. The summed E-state index contributed by atoms with van der Waals surface area (Å²) in [6.45, 7) is 4.39. The fourth-order valence-electron chi connectivity index (χ4n) is 2.97. The van der Waals surface area contributed by atoms with Gasteiger partial charge in [0.05, 0.1) is 28.1 Å². The third kappa shape index (κ3) is 3.98. The highest BCUT2D eigenvalue weighted by atomic mass is 79.9. The van der Waals surface area contributed by atoms with Crippen molar-refractivity contribution >= 4 is 48.5 Å². The summed E-state index contributed by atoms with van der Waals surface area (Å²) >= 11 is 4.99. The van der Waals surface area contributed by atoms with Gasteiger partial charge in [-0.2, -0.15) is 5.10 Å². The Morgan fingerprint density at radius 1 is 1.21 bits per heavy atom. The van der Waals surface area contributed by atoms with E-state index < -0.39 is 0 Å². The van der Waals surface area contributed by atoms with E-state index in [2.05, 4.69) is 31.0 Å². The fourth-order valence-corrected chi connectivity index (χ4v) is 4.50. The van der Waals surface area contributed by atoms with Gasteiger partial charge in [-0.05, 0) is 50.2 Å². The molecule has 0 spiro atoms. The average Bonchev–Trinajstić information content (AvgIpc) is 3.22. The monoisotopic (exact) mass is 455 g/mol. The SMILES string of the molecule is Cc1cc(C)n(CC(=O)N(Cc2ccccn2)c2nc3ccc(Br)cc3s2)n1. The summed E-state index contributed by atoms with van der Waals surface area (Å²) in [6, 6.07) is 13.6. The van der Waals surface area contributed by atoms with E-state index in [4.69, 9.17) is 0 Å². The van der Waals surface area contributed by atoms with Gasteiger partial charge in [-0.15, -0.1) is 0 Å². The third-order valence-corrected chi connectivity index (χ3v) is 5.84. The highest BCUT2D eigenvalue weighted by Crippen LogP contribution is 2.31. The van der Waals surface area contributed by atoms with Crippen molar-refractivity contribution in [3.8, 4) is 0 Å². The van der Waals surface area contributed by atoms with Gasteiger partial charge in [0.2, 0.25) is 0 Å². The van der Waals surface area contributed by atoms with Crippen LogP contribution in [0.2, 0.25) is 0 Å². The number of anilines is 1. The number of halogens is 1. The summed E-state index contributed by atoms with van der Waals surface area (Å²) in [7, 11) is 0. The molecule has 1 aromatic carbocycles. The van der Waals surface area contributed by atoms with Crippen LogP contribution in [0.15, 0.2) is 53.1 Å². The van der Waals surface area contributed by atoms with Crippen LogP contribution in [-0.4, -0.2) is 25.7 Å². The first-order valence-electron chi connectivity index (χ1n) is 8.77. The number of aromatic nitrogens is 4. The molecule has 0 saturated heterocycles. The Morgan fingerprint density at radius 2 is 2.07 bits per heavy atom. The number of amides is 1. The number of thiazole rings is 1. The number of benzene rings is 1. The molecule has 8 heteroatoms. The van der Waals surface area contributed by atoms with Crippen molar-refractivity contribution < 1.29 is 4.79 Å². The fraction of sp³-hybridized carbons (Fsp3) is 0.200. The minimum absolute atomic E-state index is 0.0741. The van der Waals surface area contributed by atoms with Gasteiger partial charge in [-0.25, -0.2) is 4.98 Å². The van der Waals surface area contributed by atoms with Crippen molar-refractivity contribution in [2.75, 3.05) is 4.90 Å². The zero-order valence-corrected chi connectivity index (χ0v) is 17.9. The lowest BCUT2D eigenvalue weighted by atomic mass is 10.3. The van der Waals surface area contributed by atoms with Crippen LogP contribution in [0.1, 0.15) is 17.1 Å². The predicted molar refractivity (Wildman–Crippen MR) is 114 cm³/mol. The maximum Gasteiger partial charge on any atom is 0.250 e. The van der Waals surface area contributed by atoms with E-state index in [0.29, 0.717) is 11.7 Å². The zero-order valence-electron chi connectivity index (χ0n) is 15.5. The molecule has 0 bridgehead atoms. The van der Waals surface area contributed by atoms with E-state index in [1.807, 2.05) is 56.3 Å². The molecule has 0 aliphatic carbocycles. The first-order chi connectivity index (χ1) is 13.5. The van der Waals surface area contributed by atoms with Gasteiger partial charge in [-0.1, -0.05) is 33.3 Å². The second-order valence-corrected chi connectivity index (χ2v) is 8.42. The van der Waals surface area contributed by atoms with Crippen LogP contribution in [0.3, 0.4) is 0 Å². The molecule has 142 valence electrons. The molecule has 0 radical (unpaired) electrons. The first-order valence-corrected chi connectivity index (χ1v) is 10.4. The number of carbonyl (C=O) groups excluding carboxylic acids is 1. The summed E-state index contributed by atoms with van der Waals surface area (Å²) in [4.78, 5) is 24.0. The van der Waals surface area contributed by atoms with Crippen LogP contribution >= 0.6 is 27.3 Å². The van der Waals surface area contributed by atoms with Crippen LogP contribution in [-0.2, 0) is 17.9 Å². The molecule has 0 fully saturated rings. The lowest BCUT2D eigenvalue weighted by Crippen LogP contribution is -2.34. The Balaban J connectivity index is 1.69. The molecule has 3 heterocycles. The Morgan fingerprint density at radius 3 is 2.79 bits per heavy atom. The van der Waals surface area contributed by atoms with Gasteiger partial charge in [-0.3, -0.25) is 19.4 Å². The second kappa shape index (κ2) is 7.81. The number of aryl methyl sites for hydroxylation is 2. The Hall–Kier alpha value is -2.58. The van der Waals surface area contributed by atoms with E-state index in [1.54, 1.807) is 15.8 Å². The normalized spacial score (nSPS) is 11.1. The quantitative estimate of drug-likeness (QED) is 0.444. The van der Waals surface area contributed by atoms with Crippen LogP contribution < -0.4 is 4.90 Å². The smallest absolute Gasteiger partial charge is 0.250 e. The molecule has 1 amide bonds. The van der Waals surface area contributed by atoms with Crippen molar-refractivity contribution in [3.63, 3.8) is 0 Å². The Kier molecular flexibility index (Phi) is 5.23. The maximum atomic E-state index is 13.2. The Bertz CT molecular complexity index is 1140. The molecule has 3 aromatic heterocycles. The van der Waals surface area contributed by atoms with E-state index in [1.165, 1.54) is 11.3 Å². The molecule has 4 rings (SSSR count). The zero-order chi connectivity index (χ0) is 19.7. The number of rotatable bonds is 5. The summed E-state index contributed by atoms with van der Waals surface area (Å²) in [5.74, 6) is -0.0741. The molecule has 0 aliphatic rings. The molecule has 28 heavy (non-hydrogen) atoms. The minimum atomic E-state index is -0.0741. The van der Waals surface area contributed by atoms with E-state index in [0.717, 1.165) is 31.8 Å². The van der Waals surface area contributed by atoms with Crippen LogP contribution in [0, 0.1) is 13.8 Å². The minimum Gasteiger partial charge on any atom is -0.280 e. The third-order valence-electron chi connectivity index (χ3n) is 4.31. The van der Waals surface area contributed by atoms with Crippen molar-refractivity contribution in [2.45, 2.75) is 26.9 Å². The number of carbonyl (C=O) groups is 1. The molecule has 0 N–H and O–H groups in total. The largest absolute Gasteiger partial charge is 0.280 e. The van der Waals surface area contributed by atoms with E-state index in [-0.39, 0.29) is 12.5 Å². The highest BCUT2D eigenvalue weighted by Gasteiger charge is 2.22. The van der Waals surface area contributed by atoms with Crippen molar-refractivity contribution in [3.05, 3.63) is 70.2 Å². The molecule has 6 nitrogen and oxygen atoms in total. The molecular weight excluding hydrogens is 438 g/mol. The second-order valence-electron chi connectivity index (χ2n) is 6.49. The van der Waals surface area contributed by atoms with Gasteiger partial charge < -0.3 is 0 Å². The number of hydrogen-bond donors (Lipinski definition) is 0. The number of pyridine rings is 1. The topological polar surface area (TPSA) is 63.9 Å². The summed E-state index contributed by atoms with van der Waals surface area (Å²) in [6.07, 6.45) is 1.73. The standard InChI is InChI=1S/C20H18BrN5OS/c1-13-9-14(2)26(24-13)12-19(27)25(11-16-5-3-4-8-22-16)20-23-17-7-6-15(21)10-18(17)28-20/h3-10H,11-12H2,1-2H3. The van der Waals surface area contributed by atoms with Gasteiger partial charge in [0.15, 0.2) is 5.13 Å². The molecular formula is C20H18BrN5OS.